The molecule has 0 spiro atoms. The molecule has 3 unspecified atom stereocenters. The second-order valence-electron chi connectivity index (χ2n) is 3.52. The van der Waals surface area contributed by atoms with E-state index in [2.05, 4.69) is 6.92 Å². The summed E-state index contributed by atoms with van der Waals surface area (Å²) in [5, 5.41) is 9.34. The minimum Gasteiger partial charge on any atom is -0.393 e. The lowest BCUT2D eigenvalue weighted by Gasteiger charge is -2.24. The Hall–Kier alpha value is -0.0800. The Morgan fingerprint density at radius 2 is 1.92 bits per heavy atom. The molecule has 2 nitrogen and oxygen atoms in total. The number of unbranched alkanes of at least 4 members (excludes halogenated alkanes) is 1. The van der Waals surface area contributed by atoms with E-state index in [1.54, 1.807) is 7.11 Å². The molecule has 74 valence electrons. The van der Waals surface area contributed by atoms with Crippen molar-refractivity contribution < 1.29 is 9.84 Å². The number of hydrogen-bond acceptors (Lipinski definition) is 2. The van der Waals surface area contributed by atoms with Crippen molar-refractivity contribution in [1.29, 1.82) is 0 Å². The number of methoxy groups -OCH3 is 1. The van der Waals surface area contributed by atoms with E-state index >= 15 is 0 Å². The van der Waals surface area contributed by atoms with Gasteiger partial charge >= 0.3 is 0 Å². The van der Waals surface area contributed by atoms with E-state index in [1.807, 2.05) is 13.8 Å². The molecular formula is C10H22O2. The molecule has 1 N–H and O–H groups in total. The van der Waals surface area contributed by atoms with E-state index in [1.165, 1.54) is 12.8 Å². The third-order valence-electron chi connectivity index (χ3n) is 2.49. The van der Waals surface area contributed by atoms with Crippen LogP contribution in [0.2, 0.25) is 0 Å². The van der Waals surface area contributed by atoms with Crippen molar-refractivity contribution in [2.75, 3.05) is 7.11 Å². The Bertz CT molecular complexity index is 102. The van der Waals surface area contributed by atoms with Crippen LogP contribution in [0.3, 0.4) is 0 Å². The number of aliphatic hydroxyl groups is 1. The summed E-state index contributed by atoms with van der Waals surface area (Å²) in [5.41, 5.74) is 0. The zero-order valence-corrected chi connectivity index (χ0v) is 8.71. The highest BCUT2D eigenvalue weighted by Crippen LogP contribution is 2.16. The number of hydrogen-bond donors (Lipinski definition) is 1. The molecule has 0 heterocycles. The van der Waals surface area contributed by atoms with E-state index < -0.39 is 0 Å². The molecule has 0 aliphatic heterocycles. The van der Waals surface area contributed by atoms with Crippen LogP contribution in [-0.2, 0) is 4.74 Å². The Balaban J connectivity index is 3.79. The molecular weight excluding hydrogens is 152 g/mol. The first-order chi connectivity index (χ1) is 5.63. The first-order valence-electron chi connectivity index (χ1n) is 4.84. The highest BCUT2D eigenvalue weighted by atomic mass is 16.5. The van der Waals surface area contributed by atoms with Gasteiger partial charge in [0.1, 0.15) is 0 Å². The molecule has 0 aromatic rings. The summed E-state index contributed by atoms with van der Waals surface area (Å²) in [5.74, 6) is 0.238. The van der Waals surface area contributed by atoms with Crippen LogP contribution in [0.1, 0.15) is 40.0 Å². The van der Waals surface area contributed by atoms with Crippen LogP contribution >= 0.6 is 0 Å². The Morgan fingerprint density at radius 3 is 2.25 bits per heavy atom. The van der Waals surface area contributed by atoms with Crippen LogP contribution in [0.15, 0.2) is 0 Å². The van der Waals surface area contributed by atoms with Crippen molar-refractivity contribution in [3.05, 3.63) is 0 Å². The molecule has 0 saturated carbocycles. The third-order valence-corrected chi connectivity index (χ3v) is 2.49. The molecule has 0 bridgehead atoms. The maximum absolute atomic E-state index is 9.34. The Morgan fingerprint density at radius 1 is 1.33 bits per heavy atom. The van der Waals surface area contributed by atoms with Crippen LogP contribution < -0.4 is 0 Å². The van der Waals surface area contributed by atoms with Crippen LogP contribution in [0.25, 0.3) is 0 Å². The zero-order valence-electron chi connectivity index (χ0n) is 8.71. The molecule has 0 radical (unpaired) electrons. The fourth-order valence-electron chi connectivity index (χ4n) is 1.31. The van der Waals surface area contributed by atoms with E-state index in [0.29, 0.717) is 0 Å². The average Bonchev–Trinajstić information content (AvgIpc) is 2.05. The van der Waals surface area contributed by atoms with Crippen molar-refractivity contribution >= 4 is 0 Å². The summed E-state index contributed by atoms with van der Waals surface area (Å²) in [7, 11) is 1.72. The Kier molecular flexibility index (Phi) is 6.39. The molecule has 0 amide bonds. The molecule has 0 aliphatic rings. The smallest absolute Gasteiger partial charge is 0.0621 e. The molecule has 0 aromatic carbocycles. The van der Waals surface area contributed by atoms with Crippen molar-refractivity contribution in [2.45, 2.75) is 52.2 Å². The molecule has 3 atom stereocenters. The number of aliphatic hydroxyl groups excluding tert-OH is 1. The highest BCUT2D eigenvalue weighted by molar-refractivity contribution is 4.70. The molecule has 0 saturated heterocycles. The van der Waals surface area contributed by atoms with Crippen LogP contribution in [0.4, 0.5) is 0 Å². The maximum Gasteiger partial charge on any atom is 0.0621 e. The summed E-state index contributed by atoms with van der Waals surface area (Å²) in [6.07, 6.45) is 3.36. The lowest BCUT2D eigenvalue weighted by molar-refractivity contribution is -0.00399. The second kappa shape index (κ2) is 6.44. The van der Waals surface area contributed by atoms with Crippen LogP contribution in [-0.4, -0.2) is 24.4 Å². The van der Waals surface area contributed by atoms with Gasteiger partial charge in [-0.15, -0.1) is 0 Å². The van der Waals surface area contributed by atoms with Crippen molar-refractivity contribution in [2.24, 2.45) is 5.92 Å². The van der Waals surface area contributed by atoms with Gasteiger partial charge in [0.2, 0.25) is 0 Å². The maximum atomic E-state index is 9.34. The van der Waals surface area contributed by atoms with Gasteiger partial charge in [-0.25, -0.2) is 0 Å². The van der Waals surface area contributed by atoms with Crippen molar-refractivity contribution in [3.63, 3.8) is 0 Å². The molecule has 0 rings (SSSR count). The summed E-state index contributed by atoms with van der Waals surface area (Å²) in [6, 6.07) is 0. The standard InChI is InChI=1S/C10H22O2/c1-5-6-7-10(12-4)8(2)9(3)11/h8-11H,5-7H2,1-4H3. The SMILES string of the molecule is CCCCC(OC)C(C)C(C)O. The molecule has 0 fully saturated rings. The molecule has 0 aromatic heterocycles. The van der Waals surface area contributed by atoms with Gasteiger partial charge in [-0.2, -0.15) is 0 Å². The average molecular weight is 174 g/mol. The first kappa shape index (κ1) is 11.9. The van der Waals surface area contributed by atoms with Gasteiger partial charge in [0.25, 0.3) is 0 Å². The monoisotopic (exact) mass is 174 g/mol. The van der Waals surface area contributed by atoms with Gasteiger partial charge in [0.15, 0.2) is 0 Å². The minimum absolute atomic E-state index is 0.213. The topological polar surface area (TPSA) is 29.5 Å². The van der Waals surface area contributed by atoms with Crippen molar-refractivity contribution in [1.82, 2.24) is 0 Å². The van der Waals surface area contributed by atoms with Gasteiger partial charge in [0.05, 0.1) is 12.2 Å². The minimum atomic E-state index is -0.271. The van der Waals surface area contributed by atoms with E-state index in [0.717, 1.165) is 6.42 Å². The summed E-state index contributed by atoms with van der Waals surface area (Å²) in [6.45, 7) is 6.02. The first-order valence-corrected chi connectivity index (χ1v) is 4.84. The lowest BCUT2D eigenvalue weighted by atomic mass is 9.95. The zero-order chi connectivity index (χ0) is 9.56. The van der Waals surface area contributed by atoms with Crippen molar-refractivity contribution in [3.8, 4) is 0 Å². The van der Waals surface area contributed by atoms with Gasteiger partial charge in [-0.05, 0) is 13.3 Å². The van der Waals surface area contributed by atoms with Gasteiger partial charge in [-0.1, -0.05) is 26.7 Å². The fourth-order valence-corrected chi connectivity index (χ4v) is 1.31. The normalized spacial score (nSPS) is 18.8. The van der Waals surface area contributed by atoms with Crippen LogP contribution in [0, 0.1) is 5.92 Å². The molecule has 2 heteroatoms. The summed E-state index contributed by atoms with van der Waals surface area (Å²) < 4.78 is 5.32. The second-order valence-corrected chi connectivity index (χ2v) is 3.52. The number of rotatable bonds is 6. The van der Waals surface area contributed by atoms with Gasteiger partial charge < -0.3 is 9.84 Å². The van der Waals surface area contributed by atoms with E-state index in [9.17, 15) is 5.11 Å². The predicted molar refractivity (Wildman–Crippen MR) is 51.2 cm³/mol. The number of ether oxygens (including phenoxy) is 1. The molecule has 12 heavy (non-hydrogen) atoms. The lowest BCUT2D eigenvalue weighted by Crippen LogP contribution is -2.28. The van der Waals surface area contributed by atoms with Crippen LogP contribution in [0.5, 0.6) is 0 Å². The van der Waals surface area contributed by atoms with E-state index in [-0.39, 0.29) is 18.1 Å². The largest absolute Gasteiger partial charge is 0.393 e. The highest BCUT2D eigenvalue weighted by Gasteiger charge is 2.19. The fraction of sp³-hybridized carbons (Fsp3) is 1.00. The van der Waals surface area contributed by atoms with Gasteiger partial charge in [-0.3, -0.25) is 0 Å². The van der Waals surface area contributed by atoms with Gasteiger partial charge in [0, 0.05) is 13.0 Å². The summed E-state index contributed by atoms with van der Waals surface area (Å²) in [4.78, 5) is 0. The molecule has 0 aliphatic carbocycles. The van der Waals surface area contributed by atoms with E-state index in [4.69, 9.17) is 4.74 Å². The summed E-state index contributed by atoms with van der Waals surface area (Å²) >= 11 is 0. The third kappa shape index (κ3) is 4.07. The predicted octanol–water partition coefficient (Wildman–Crippen LogP) is 2.21. The quantitative estimate of drug-likeness (QED) is 0.669. The Labute approximate surface area is 75.9 Å².